The van der Waals surface area contributed by atoms with Crippen molar-refractivity contribution in [2.45, 2.75) is 37.8 Å². The average Bonchev–Trinajstić information content (AvgIpc) is 3.22. The number of hydrogen-bond donors (Lipinski definition) is 4. The summed E-state index contributed by atoms with van der Waals surface area (Å²) >= 11 is 0. The van der Waals surface area contributed by atoms with Gasteiger partial charge < -0.3 is 15.2 Å². The number of fused-ring (bicyclic) bond motifs is 1. The molecule has 2 atom stereocenters. The summed E-state index contributed by atoms with van der Waals surface area (Å²) in [5.41, 5.74) is 0.815. The minimum absolute atomic E-state index is 0.00924. The standard InChI is InChI=1S/C28H28N4O9S2/c33-21-10-9-20(24(35)31-21)32-25(36)17-7-4-8-18(23(17)26(32)37)30-28(40)41-12-14-43-42-13-11-22(34)29-19(27(38)39)15-16-5-2-1-3-6-16/h1-8,19-20H,9-15H2,(H,29,34)(H,30,40)(H,38,39)(H,31,33,35)/t19-,20?/m0/s1. The molecule has 1 saturated heterocycles. The third kappa shape index (κ3) is 8.14. The highest BCUT2D eigenvalue weighted by Gasteiger charge is 2.45. The fraction of sp³-hybridized carbons (Fsp3) is 0.321. The number of carboxylic acids is 1. The van der Waals surface area contributed by atoms with Crippen LogP contribution in [0.5, 0.6) is 0 Å². The number of imide groups is 2. The van der Waals surface area contributed by atoms with E-state index in [1.165, 1.54) is 39.8 Å². The molecule has 43 heavy (non-hydrogen) atoms. The summed E-state index contributed by atoms with van der Waals surface area (Å²) in [4.78, 5) is 86.6. The van der Waals surface area contributed by atoms with Crippen LogP contribution in [0.25, 0.3) is 0 Å². The number of nitrogens with zero attached hydrogens (tertiary/aromatic N) is 1. The highest BCUT2D eigenvalue weighted by atomic mass is 33.1. The highest BCUT2D eigenvalue weighted by Crippen LogP contribution is 2.32. The van der Waals surface area contributed by atoms with Crippen molar-refractivity contribution in [2.24, 2.45) is 0 Å². The van der Waals surface area contributed by atoms with E-state index in [1.807, 2.05) is 6.07 Å². The van der Waals surface area contributed by atoms with E-state index < -0.39 is 47.8 Å². The molecule has 4 N–H and O–H groups in total. The second-order valence-corrected chi connectivity index (χ2v) is 12.2. The van der Waals surface area contributed by atoms with Crippen LogP contribution in [-0.2, 0) is 30.3 Å². The fourth-order valence-electron chi connectivity index (χ4n) is 4.50. The molecule has 0 aromatic heterocycles. The Hall–Kier alpha value is -4.37. The summed E-state index contributed by atoms with van der Waals surface area (Å²) in [6, 6.07) is 11.2. The lowest BCUT2D eigenvalue weighted by Crippen LogP contribution is -2.54. The van der Waals surface area contributed by atoms with Gasteiger partial charge in [0.25, 0.3) is 11.8 Å². The number of amides is 6. The molecule has 2 aliphatic heterocycles. The van der Waals surface area contributed by atoms with Crippen molar-refractivity contribution < 1.29 is 43.4 Å². The molecule has 0 radical (unpaired) electrons. The van der Waals surface area contributed by atoms with Gasteiger partial charge in [0.2, 0.25) is 17.7 Å². The van der Waals surface area contributed by atoms with Crippen LogP contribution >= 0.6 is 21.6 Å². The van der Waals surface area contributed by atoms with Crippen molar-refractivity contribution >= 4 is 68.9 Å². The zero-order valence-corrected chi connectivity index (χ0v) is 24.3. The SMILES string of the molecule is O=C1CCC(N2C(=O)c3cccc(NC(=O)OCCSSCCC(=O)N[C@@H](Cc4ccccc4)C(=O)O)c3C2=O)C(=O)N1. The van der Waals surface area contributed by atoms with Crippen molar-refractivity contribution in [2.75, 3.05) is 23.4 Å². The molecule has 4 rings (SSSR count). The molecule has 0 aliphatic carbocycles. The van der Waals surface area contributed by atoms with Crippen LogP contribution in [-0.4, -0.2) is 81.8 Å². The van der Waals surface area contributed by atoms with Crippen molar-refractivity contribution in [1.29, 1.82) is 0 Å². The first-order valence-corrected chi connectivity index (χ1v) is 15.7. The molecule has 0 saturated carbocycles. The van der Waals surface area contributed by atoms with Crippen molar-refractivity contribution in [3.05, 3.63) is 65.2 Å². The molecule has 1 fully saturated rings. The normalized spacial score (nSPS) is 16.7. The predicted molar refractivity (Wildman–Crippen MR) is 157 cm³/mol. The monoisotopic (exact) mass is 628 g/mol. The lowest BCUT2D eigenvalue weighted by molar-refractivity contribution is -0.141. The van der Waals surface area contributed by atoms with E-state index in [-0.39, 0.29) is 55.0 Å². The number of anilines is 1. The maximum atomic E-state index is 13.1. The third-order valence-electron chi connectivity index (χ3n) is 6.52. The van der Waals surface area contributed by atoms with Gasteiger partial charge in [0.1, 0.15) is 18.7 Å². The van der Waals surface area contributed by atoms with Crippen LogP contribution in [0, 0.1) is 0 Å². The lowest BCUT2D eigenvalue weighted by Gasteiger charge is -2.27. The summed E-state index contributed by atoms with van der Waals surface area (Å²) in [6.45, 7) is 0.0121. The van der Waals surface area contributed by atoms with Crippen LogP contribution in [0.15, 0.2) is 48.5 Å². The van der Waals surface area contributed by atoms with Gasteiger partial charge in [0, 0.05) is 30.8 Å². The summed E-state index contributed by atoms with van der Waals surface area (Å²) < 4.78 is 5.16. The van der Waals surface area contributed by atoms with Gasteiger partial charge in [-0.25, -0.2) is 9.59 Å². The fourth-order valence-corrected chi connectivity index (χ4v) is 6.32. The maximum absolute atomic E-state index is 13.1. The Morgan fingerprint density at radius 3 is 2.47 bits per heavy atom. The number of hydrogen-bond acceptors (Lipinski definition) is 10. The molecule has 2 aromatic carbocycles. The number of carbonyl (C=O) groups excluding carboxylic acids is 6. The van der Waals surface area contributed by atoms with Crippen molar-refractivity contribution in [3.8, 4) is 0 Å². The van der Waals surface area contributed by atoms with Crippen LogP contribution < -0.4 is 16.0 Å². The number of ether oxygens (including phenoxy) is 1. The number of carbonyl (C=O) groups is 7. The largest absolute Gasteiger partial charge is 0.480 e. The van der Waals surface area contributed by atoms with E-state index in [9.17, 15) is 38.7 Å². The second kappa shape index (κ2) is 14.7. The van der Waals surface area contributed by atoms with Gasteiger partial charge in [-0.3, -0.25) is 39.5 Å². The number of piperidine rings is 1. The first-order valence-electron chi connectivity index (χ1n) is 13.2. The topological polar surface area (TPSA) is 188 Å². The Morgan fingerprint density at radius 1 is 1.00 bits per heavy atom. The van der Waals surface area contributed by atoms with E-state index in [1.54, 1.807) is 24.3 Å². The summed E-state index contributed by atoms with van der Waals surface area (Å²) in [5.74, 6) is -3.35. The van der Waals surface area contributed by atoms with Gasteiger partial charge in [0.15, 0.2) is 0 Å². The third-order valence-corrected chi connectivity index (χ3v) is 8.89. The number of carboxylic acid groups (broad SMARTS) is 1. The zero-order chi connectivity index (χ0) is 30.9. The van der Waals surface area contributed by atoms with Crippen LogP contribution in [0.3, 0.4) is 0 Å². The quantitative estimate of drug-likeness (QED) is 0.145. The first-order chi connectivity index (χ1) is 20.7. The number of aliphatic carboxylic acids is 1. The zero-order valence-electron chi connectivity index (χ0n) is 22.7. The predicted octanol–water partition coefficient (Wildman–Crippen LogP) is 2.22. The molecule has 0 bridgehead atoms. The molecule has 6 amide bonds. The van der Waals surface area contributed by atoms with E-state index in [0.29, 0.717) is 11.5 Å². The average molecular weight is 629 g/mol. The summed E-state index contributed by atoms with van der Waals surface area (Å²) in [7, 11) is 2.72. The number of benzene rings is 2. The molecule has 1 unspecified atom stereocenters. The van der Waals surface area contributed by atoms with Gasteiger partial charge in [-0.1, -0.05) is 58.0 Å². The lowest BCUT2D eigenvalue weighted by atomic mass is 10.0. The first kappa shape index (κ1) is 31.6. The Morgan fingerprint density at radius 2 is 1.74 bits per heavy atom. The molecule has 15 heteroatoms. The molecule has 13 nitrogen and oxygen atoms in total. The molecule has 2 heterocycles. The van der Waals surface area contributed by atoms with Crippen LogP contribution in [0.2, 0.25) is 0 Å². The minimum Gasteiger partial charge on any atom is -0.480 e. The molecular weight excluding hydrogens is 600 g/mol. The second-order valence-electron chi connectivity index (χ2n) is 9.48. The minimum atomic E-state index is -1.13. The van der Waals surface area contributed by atoms with Gasteiger partial charge in [-0.05, 0) is 24.1 Å². The molecule has 0 spiro atoms. The Kier molecular flexibility index (Phi) is 10.8. The number of nitrogens with one attached hydrogen (secondary N) is 3. The van der Waals surface area contributed by atoms with Gasteiger partial charge in [-0.2, -0.15) is 0 Å². The highest BCUT2D eigenvalue weighted by molar-refractivity contribution is 8.76. The van der Waals surface area contributed by atoms with E-state index >= 15 is 0 Å². The van der Waals surface area contributed by atoms with Crippen LogP contribution in [0.1, 0.15) is 45.5 Å². The van der Waals surface area contributed by atoms with Gasteiger partial charge in [0.05, 0.1) is 16.8 Å². The maximum Gasteiger partial charge on any atom is 0.411 e. The molecule has 226 valence electrons. The Bertz CT molecular complexity index is 1440. The van der Waals surface area contributed by atoms with E-state index in [4.69, 9.17) is 4.74 Å². The van der Waals surface area contributed by atoms with E-state index in [0.717, 1.165) is 10.5 Å². The van der Waals surface area contributed by atoms with Crippen molar-refractivity contribution in [1.82, 2.24) is 15.5 Å². The van der Waals surface area contributed by atoms with Crippen molar-refractivity contribution in [3.63, 3.8) is 0 Å². The van der Waals surface area contributed by atoms with Crippen LogP contribution in [0.4, 0.5) is 10.5 Å². The summed E-state index contributed by atoms with van der Waals surface area (Å²) in [6.07, 6.45) is -0.559. The van der Waals surface area contributed by atoms with E-state index in [2.05, 4.69) is 16.0 Å². The Labute approximate surface area is 253 Å². The number of rotatable bonds is 13. The van der Waals surface area contributed by atoms with Gasteiger partial charge in [-0.15, -0.1) is 0 Å². The molecular formula is C28H28N4O9S2. The molecule has 2 aliphatic rings. The van der Waals surface area contributed by atoms with Gasteiger partial charge >= 0.3 is 12.1 Å². The Balaban J connectivity index is 1.17. The smallest absolute Gasteiger partial charge is 0.411 e. The molecule has 2 aromatic rings. The summed E-state index contributed by atoms with van der Waals surface area (Å²) in [5, 5.41) is 16.5.